The standard InChI is InChI=1S/C16H23F3N2/c1-2-21(15-9-7-14(20)8-10-15)11-12-3-5-13(6-4-12)16(17,18)19/h3-6,14-15H,2,7-11,20H2,1H3. The maximum Gasteiger partial charge on any atom is 0.416 e. The number of rotatable bonds is 4. The molecule has 0 spiro atoms. The van der Waals surface area contributed by atoms with Gasteiger partial charge < -0.3 is 5.73 Å². The van der Waals surface area contributed by atoms with E-state index >= 15 is 0 Å². The number of nitrogens with zero attached hydrogens (tertiary/aromatic N) is 1. The molecular formula is C16H23F3N2. The average molecular weight is 300 g/mol. The third kappa shape index (κ3) is 4.45. The Morgan fingerprint density at radius 1 is 1.10 bits per heavy atom. The van der Waals surface area contributed by atoms with Gasteiger partial charge in [0, 0.05) is 18.6 Å². The fourth-order valence-electron chi connectivity index (χ4n) is 3.00. The zero-order valence-electron chi connectivity index (χ0n) is 12.4. The lowest BCUT2D eigenvalue weighted by Gasteiger charge is -2.35. The fraction of sp³-hybridized carbons (Fsp3) is 0.625. The Morgan fingerprint density at radius 2 is 1.67 bits per heavy atom. The average Bonchev–Trinajstić information content (AvgIpc) is 2.45. The van der Waals surface area contributed by atoms with Crippen LogP contribution in [0.1, 0.15) is 43.7 Å². The van der Waals surface area contributed by atoms with Gasteiger partial charge in [0.05, 0.1) is 5.56 Å². The molecule has 0 heterocycles. The second kappa shape index (κ2) is 6.79. The van der Waals surface area contributed by atoms with Crippen LogP contribution in [-0.2, 0) is 12.7 Å². The fourth-order valence-corrected chi connectivity index (χ4v) is 3.00. The van der Waals surface area contributed by atoms with Gasteiger partial charge in [-0.1, -0.05) is 19.1 Å². The summed E-state index contributed by atoms with van der Waals surface area (Å²) in [4.78, 5) is 2.34. The summed E-state index contributed by atoms with van der Waals surface area (Å²) in [6.07, 6.45) is -0.0316. The maximum absolute atomic E-state index is 12.6. The number of halogens is 3. The molecule has 0 bridgehead atoms. The van der Waals surface area contributed by atoms with Gasteiger partial charge in [0.1, 0.15) is 0 Å². The number of hydrogen-bond acceptors (Lipinski definition) is 2. The molecule has 1 saturated carbocycles. The summed E-state index contributed by atoms with van der Waals surface area (Å²) in [5, 5.41) is 0. The highest BCUT2D eigenvalue weighted by atomic mass is 19.4. The van der Waals surface area contributed by atoms with Crippen LogP contribution < -0.4 is 5.73 Å². The van der Waals surface area contributed by atoms with Crippen LogP contribution in [0.4, 0.5) is 13.2 Å². The van der Waals surface area contributed by atoms with Crippen molar-refractivity contribution in [1.29, 1.82) is 0 Å². The van der Waals surface area contributed by atoms with Crippen LogP contribution >= 0.6 is 0 Å². The van der Waals surface area contributed by atoms with Gasteiger partial charge in [0.15, 0.2) is 0 Å². The molecule has 1 aromatic carbocycles. The van der Waals surface area contributed by atoms with Crippen LogP contribution in [0.25, 0.3) is 0 Å². The van der Waals surface area contributed by atoms with Crippen molar-refractivity contribution >= 4 is 0 Å². The summed E-state index contributed by atoms with van der Waals surface area (Å²) >= 11 is 0. The molecule has 2 N–H and O–H groups in total. The topological polar surface area (TPSA) is 29.3 Å². The Balaban J connectivity index is 1.98. The van der Waals surface area contributed by atoms with Gasteiger partial charge in [-0.25, -0.2) is 0 Å². The third-order valence-electron chi connectivity index (χ3n) is 4.33. The predicted molar refractivity (Wildman–Crippen MR) is 77.8 cm³/mol. The van der Waals surface area contributed by atoms with E-state index in [4.69, 9.17) is 5.73 Å². The van der Waals surface area contributed by atoms with Crippen LogP contribution in [0, 0.1) is 0 Å². The highest BCUT2D eigenvalue weighted by Gasteiger charge is 2.30. The van der Waals surface area contributed by atoms with Crippen molar-refractivity contribution in [2.45, 2.75) is 57.4 Å². The van der Waals surface area contributed by atoms with Crippen molar-refractivity contribution in [2.75, 3.05) is 6.54 Å². The molecule has 1 aliphatic rings. The number of alkyl halides is 3. The van der Waals surface area contributed by atoms with E-state index in [1.807, 2.05) is 0 Å². The SMILES string of the molecule is CCN(Cc1ccc(C(F)(F)F)cc1)C1CCC(N)CC1. The maximum atomic E-state index is 12.6. The third-order valence-corrected chi connectivity index (χ3v) is 4.33. The zero-order valence-corrected chi connectivity index (χ0v) is 12.4. The van der Waals surface area contributed by atoms with Crippen LogP contribution in [0.15, 0.2) is 24.3 Å². The van der Waals surface area contributed by atoms with Crippen molar-refractivity contribution in [1.82, 2.24) is 4.90 Å². The molecule has 21 heavy (non-hydrogen) atoms. The van der Waals surface area contributed by atoms with Crippen LogP contribution in [0.5, 0.6) is 0 Å². The predicted octanol–water partition coefficient (Wildman–Crippen LogP) is 3.80. The van der Waals surface area contributed by atoms with E-state index in [1.165, 1.54) is 12.1 Å². The summed E-state index contributed by atoms with van der Waals surface area (Å²) in [5.74, 6) is 0. The Morgan fingerprint density at radius 3 is 2.14 bits per heavy atom. The molecule has 1 aliphatic carbocycles. The van der Waals surface area contributed by atoms with Crippen molar-refractivity contribution in [2.24, 2.45) is 5.73 Å². The molecule has 118 valence electrons. The van der Waals surface area contributed by atoms with Gasteiger partial charge in [0.2, 0.25) is 0 Å². The second-order valence-corrected chi connectivity index (χ2v) is 5.83. The van der Waals surface area contributed by atoms with Crippen molar-refractivity contribution in [3.8, 4) is 0 Å². The highest BCUT2D eigenvalue weighted by Crippen LogP contribution is 2.29. The Labute approximate surface area is 124 Å². The van der Waals surface area contributed by atoms with Crippen molar-refractivity contribution < 1.29 is 13.2 Å². The van der Waals surface area contributed by atoms with Crippen molar-refractivity contribution in [3.05, 3.63) is 35.4 Å². The summed E-state index contributed by atoms with van der Waals surface area (Å²) in [6, 6.07) is 6.31. The summed E-state index contributed by atoms with van der Waals surface area (Å²) in [7, 11) is 0. The lowest BCUT2D eigenvalue weighted by molar-refractivity contribution is -0.137. The summed E-state index contributed by atoms with van der Waals surface area (Å²) in [5.41, 5.74) is 6.27. The lowest BCUT2D eigenvalue weighted by Crippen LogP contribution is -2.40. The smallest absolute Gasteiger partial charge is 0.328 e. The van der Waals surface area contributed by atoms with Crippen molar-refractivity contribution in [3.63, 3.8) is 0 Å². The normalized spacial score (nSPS) is 23.5. The van der Waals surface area contributed by atoms with Gasteiger partial charge in [-0.15, -0.1) is 0 Å². The van der Waals surface area contributed by atoms with E-state index in [0.29, 0.717) is 18.6 Å². The Bertz CT molecular complexity index is 434. The minimum absolute atomic E-state index is 0.311. The molecule has 0 saturated heterocycles. The van der Waals surface area contributed by atoms with Gasteiger partial charge in [-0.3, -0.25) is 4.90 Å². The van der Waals surface area contributed by atoms with Gasteiger partial charge >= 0.3 is 6.18 Å². The van der Waals surface area contributed by atoms with E-state index in [9.17, 15) is 13.2 Å². The molecule has 0 radical (unpaired) electrons. The van der Waals surface area contributed by atoms with Gasteiger partial charge in [-0.2, -0.15) is 13.2 Å². The van der Waals surface area contributed by atoms with E-state index in [2.05, 4.69) is 11.8 Å². The van der Waals surface area contributed by atoms with Crippen LogP contribution in [-0.4, -0.2) is 23.5 Å². The number of nitrogens with two attached hydrogens (primary N) is 1. The highest BCUT2D eigenvalue weighted by molar-refractivity contribution is 5.24. The quantitative estimate of drug-likeness (QED) is 0.916. The number of benzene rings is 1. The molecule has 0 amide bonds. The molecule has 1 aromatic rings. The first-order valence-electron chi connectivity index (χ1n) is 7.56. The first kappa shape index (κ1) is 16.3. The molecule has 2 rings (SSSR count). The van der Waals surface area contributed by atoms with Crippen LogP contribution in [0.2, 0.25) is 0 Å². The van der Waals surface area contributed by atoms with E-state index in [1.54, 1.807) is 12.1 Å². The molecular weight excluding hydrogens is 277 g/mol. The lowest BCUT2D eigenvalue weighted by atomic mass is 9.90. The Kier molecular flexibility index (Phi) is 5.27. The minimum Gasteiger partial charge on any atom is -0.328 e. The first-order valence-corrected chi connectivity index (χ1v) is 7.56. The van der Waals surface area contributed by atoms with E-state index < -0.39 is 11.7 Å². The van der Waals surface area contributed by atoms with Gasteiger partial charge in [-0.05, 0) is 49.9 Å². The Hall–Kier alpha value is -1.07. The molecule has 0 aliphatic heterocycles. The largest absolute Gasteiger partial charge is 0.416 e. The van der Waals surface area contributed by atoms with E-state index in [0.717, 1.165) is 37.8 Å². The molecule has 1 fully saturated rings. The minimum atomic E-state index is -4.26. The van der Waals surface area contributed by atoms with E-state index in [-0.39, 0.29) is 0 Å². The second-order valence-electron chi connectivity index (χ2n) is 5.83. The summed E-state index contributed by atoms with van der Waals surface area (Å²) in [6.45, 7) is 3.70. The molecule has 0 atom stereocenters. The summed E-state index contributed by atoms with van der Waals surface area (Å²) < 4.78 is 37.7. The molecule has 2 nitrogen and oxygen atoms in total. The molecule has 5 heteroatoms. The first-order chi connectivity index (χ1) is 9.90. The molecule has 0 aromatic heterocycles. The van der Waals surface area contributed by atoms with Crippen LogP contribution in [0.3, 0.4) is 0 Å². The zero-order chi connectivity index (χ0) is 15.5. The number of hydrogen-bond donors (Lipinski definition) is 1. The van der Waals surface area contributed by atoms with Gasteiger partial charge in [0.25, 0.3) is 0 Å². The molecule has 0 unspecified atom stereocenters. The monoisotopic (exact) mass is 300 g/mol.